The summed E-state index contributed by atoms with van der Waals surface area (Å²) in [5.74, 6) is 0.921. The van der Waals surface area contributed by atoms with Gasteiger partial charge in [0.1, 0.15) is 11.3 Å². The van der Waals surface area contributed by atoms with E-state index < -0.39 is 24.5 Å². The lowest BCUT2D eigenvalue weighted by Gasteiger charge is -2.56. The number of carbonyl (C=O) groups excluding carboxylic acids is 3. The van der Waals surface area contributed by atoms with Gasteiger partial charge in [-0.15, -0.1) is 0 Å². The Bertz CT molecular complexity index is 805. The summed E-state index contributed by atoms with van der Waals surface area (Å²) in [5.41, 5.74) is -0.0740. The molecule has 0 unspecified atom stereocenters. The zero-order chi connectivity index (χ0) is 20.6. The van der Waals surface area contributed by atoms with Crippen molar-refractivity contribution in [3.8, 4) is 5.75 Å². The Hall–Kier alpha value is -2.28. The Balaban J connectivity index is 1.28. The van der Waals surface area contributed by atoms with Crippen molar-refractivity contribution in [1.29, 1.82) is 0 Å². The van der Waals surface area contributed by atoms with E-state index in [1.54, 1.807) is 6.07 Å². The molecule has 5 rings (SSSR count). The zero-order valence-electron chi connectivity index (χ0n) is 16.3. The van der Waals surface area contributed by atoms with Crippen LogP contribution in [0.4, 0.5) is 4.79 Å². The molecule has 0 saturated heterocycles. The second-order valence-electron chi connectivity index (χ2n) is 8.62. The number of esters is 1. The number of nitrogens with one attached hydrogen (secondary N) is 2. The molecular weight excluding hydrogens is 396 g/mol. The highest BCUT2D eigenvalue weighted by molar-refractivity contribution is 6.31. The number of rotatable bonds is 5. The molecule has 4 saturated carbocycles. The molecule has 4 bridgehead atoms. The molecular formula is C21H25ClN2O5. The normalized spacial score (nSPS) is 29.2. The first-order valence-electron chi connectivity index (χ1n) is 9.98. The summed E-state index contributed by atoms with van der Waals surface area (Å²) >= 11 is 5.90. The van der Waals surface area contributed by atoms with Crippen molar-refractivity contribution in [2.75, 3.05) is 13.7 Å². The van der Waals surface area contributed by atoms with Gasteiger partial charge in [-0.3, -0.25) is 10.1 Å². The third-order valence-electron chi connectivity index (χ3n) is 6.39. The van der Waals surface area contributed by atoms with Crippen molar-refractivity contribution in [3.05, 3.63) is 28.8 Å². The zero-order valence-corrected chi connectivity index (χ0v) is 17.1. The molecule has 0 aromatic heterocycles. The summed E-state index contributed by atoms with van der Waals surface area (Å²) in [5, 5.41) is 5.67. The Labute approximate surface area is 174 Å². The van der Waals surface area contributed by atoms with Gasteiger partial charge in [0.15, 0.2) is 6.61 Å². The van der Waals surface area contributed by atoms with Crippen LogP contribution >= 0.6 is 11.6 Å². The highest BCUT2D eigenvalue weighted by atomic mass is 35.5. The minimum absolute atomic E-state index is 0.116. The maximum atomic E-state index is 12.4. The fraction of sp³-hybridized carbons (Fsp3) is 0.571. The quantitative estimate of drug-likeness (QED) is 0.713. The summed E-state index contributed by atoms with van der Waals surface area (Å²) in [6.45, 7) is -0.567. The second-order valence-corrected chi connectivity index (χ2v) is 9.06. The molecule has 2 N–H and O–H groups in total. The molecule has 0 atom stereocenters. The first kappa shape index (κ1) is 20.0. The number of urea groups is 1. The highest BCUT2D eigenvalue weighted by Crippen LogP contribution is 2.55. The lowest BCUT2D eigenvalue weighted by molar-refractivity contribution is -0.123. The Morgan fingerprint density at radius 3 is 2.31 bits per heavy atom. The molecule has 0 spiro atoms. The number of halogens is 1. The number of hydrogen-bond acceptors (Lipinski definition) is 5. The van der Waals surface area contributed by atoms with Crippen LogP contribution in [0.25, 0.3) is 0 Å². The fourth-order valence-corrected chi connectivity index (χ4v) is 5.92. The van der Waals surface area contributed by atoms with E-state index in [1.807, 2.05) is 0 Å². The van der Waals surface area contributed by atoms with E-state index in [0.29, 0.717) is 28.5 Å². The average Bonchev–Trinajstić information content (AvgIpc) is 2.64. The summed E-state index contributed by atoms with van der Waals surface area (Å²) < 4.78 is 10.1. The first-order valence-corrected chi connectivity index (χ1v) is 10.4. The summed E-state index contributed by atoms with van der Waals surface area (Å²) in [4.78, 5) is 36.7. The molecule has 29 heavy (non-hydrogen) atoms. The smallest absolute Gasteiger partial charge is 0.342 e. The molecule has 1 aromatic rings. The number of carbonyl (C=O) groups is 3. The second kappa shape index (κ2) is 7.86. The predicted octanol–water partition coefficient (Wildman–Crippen LogP) is 3.30. The maximum absolute atomic E-state index is 12.4. The van der Waals surface area contributed by atoms with E-state index in [-0.39, 0.29) is 11.1 Å². The minimum atomic E-state index is -0.749. The van der Waals surface area contributed by atoms with Crippen LogP contribution in [-0.2, 0) is 9.53 Å². The number of hydrogen-bond donors (Lipinski definition) is 2. The lowest BCUT2D eigenvalue weighted by Crippen LogP contribution is -2.62. The van der Waals surface area contributed by atoms with E-state index in [4.69, 9.17) is 21.1 Å². The molecule has 156 valence electrons. The van der Waals surface area contributed by atoms with Crippen molar-refractivity contribution < 1.29 is 23.9 Å². The molecule has 3 amide bonds. The van der Waals surface area contributed by atoms with Crippen LogP contribution in [0.2, 0.25) is 5.02 Å². The van der Waals surface area contributed by atoms with Gasteiger partial charge in [-0.1, -0.05) is 11.6 Å². The van der Waals surface area contributed by atoms with Crippen molar-refractivity contribution in [3.63, 3.8) is 0 Å². The third-order valence-corrected chi connectivity index (χ3v) is 6.62. The standard InChI is InChI=1S/C21H25ClN2O5/c1-28-17-3-2-15(22)7-16(17)19(26)29-11-18(25)23-20(27)24-21-8-12-4-13(9-21)6-14(5-12)10-21/h2-3,7,12-14H,4-6,8-11H2,1H3,(H2,23,24,25,27). The highest BCUT2D eigenvalue weighted by Gasteiger charge is 2.51. The van der Waals surface area contributed by atoms with Gasteiger partial charge in [0.2, 0.25) is 0 Å². The van der Waals surface area contributed by atoms with E-state index in [1.165, 1.54) is 38.5 Å². The summed E-state index contributed by atoms with van der Waals surface area (Å²) in [6.07, 6.45) is 6.78. The van der Waals surface area contributed by atoms with E-state index >= 15 is 0 Å². The average molecular weight is 421 g/mol. The van der Waals surface area contributed by atoms with Gasteiger partial charge in [-0.25, -0.2) is 9.59 Å². The van der Waals surface area contributed by atoms with Crippen molar-refractivity contribution >= 4 is 29.5 Å². The molecule has 4 aliphatic carbocycles. The van der Waals surface area contributed by atoms with Crippen molar-refractivity contribution in [2.24, 2.45) is 17.8 Å². The molecule has 0 aliphatic heterocycles. The predicted molar refractivity (Wildman–Crippen MR) is 106 cm³/mol. The first-order chi connectivity index (χ1) is 13.9. The van der Waals surface area contributed by atoms with E-state index in [2.05, 4.69) is 10.6 Å². The maximum Gasteiger partial charge on any atom is 0.342 e. The summed E-state index contributed by atoms with van der Waals surface area (Å²) in [7, 11) is 1.42. The van der Waals surface area contributed by atoms with Crippen molar-refractivity contribution in [2.45, 2.75) is 44.1 Å². The van der Waals surface area contributed by atoms with Crippen LogP contribution in [-0.4, -0.2) is 37.2 Å². The number of imide groups is 1. The van der Waals surface area contributed by atoms with Crippen LogP contribution in [0.1, 0.15) is 48.9 Å². The van der Waals surface area contributed by atoms with Crippen LogP contribution < -0.4 is 15.4 Å². The molecule has 1 aromatic carbocycles. The molecule has 7 nitrogen and oxygen atoms in total. The van der Waals surface area contributed by atoms with E-state index in [9.17, 15) is 14.4 Å². The largest absolute Gasteiger partial charge is 0.496 e. The molecule has 0 radical (unpaired) electrons. The number of benzene rings is 1. The monoisotopic (exact) mass is 420 g/mol. The Kier molecular flexibility index (Phi) is 5.42. The van der Waals surface area contributed by atoms with Crippen LogP contribution in [0.5, 0.6) is 5.75 Å². The third kappa shape index (κ3) is 4.34. The van der Waals surface area contributed by atoms with Crippen LogP contribution in [0.15, 0.2) is 18.2 Å². The fourth-order valence-electron chi connectivity index (χ4n) is 5.75. The Morgan fingerprint density at radius 1 is 1.10 bits per heavy atom. The van der Waals surface area contributed by atoms with Gasteiger partial charge < -0.3 is 14.8 Å². The molecule has 8 heteroatoms. The van der Waals surface area contributed by atoms with Crippen molar-refractivity contribution in [1.82, 2.24) is 10.6 Å². The number of methoxy groups -OCH3 is 1. The molecule has 4 aliphatic rings. The number of ether oxygens (including phenoxy) is 2. The minimum Gasteiger partial charge on any atom is -0.496 e. The number of amides is 3. The molecule has 0 heterocycles. The van der Waals surface area contributed by atoms with Crippen LogP contribution in [0.3, 0.4) is 0 Å². The van der Waals surface area contributed by atoms with Crippen LogP contribution in [0, 0.1) is 17.8 Å². The SMILES string of the molecule is COc1ccc(Cl)cc1C(=O)OCC(=O)NC(=O)NC12CC3CC(CC(C3)C1)C2. The van der Waals surface area contributed by atoms with Gasteiger partial charge in [0.05, 0.1) is 7.11 Å². The topological polar surface area (TPSA) is 93.7 Å². The van der Waals surface area contributed by atoms with Gasteiger partial charge in [0, 0.05) is 10.6 Å². The lowest BCUT2D eigenvalue weighted by atomic mass is 9.53. The molecule has 4 fully saturated rings. The summed E-state index contributed by atoms with van der Waals surface area (Å²) in [6, 6.07) is 4.00. The van der Waals surface area contributed by atoms with Gasteiger partial charge in [-0.2, -0.15) is 0 Å². The van der Waals surface area contributed by atoms with Gasteiger partial charge >= 0.3 is 12.0 Å². The Morgan fingerprint density at radius 2 is 1.72 bits per heavy atom. The van der Waals surface area contributed by atoms with Gasteiger partial charge in [-0.05, 0) is 74.5 Å². The van der Waals surface area contributed by atoms with Gasteiger partial charge in [0.25, 0.3) is 5.91 Å². The van der Waals surface area contributed by atoms with E-state index in [0.717, 1.165) is 19.3 Å².